The number of benzene rings is 1. The molecule has 0 saturated heterocycles. The number of hydrogen-bond acceptors (Lipinski definition) is 5. The van der Waals surface area contributed by atoms with Crippen LogP contribution < -0.4 is 5.73 Å². The fourth-order valence-electron chi connectivity index (χ4n) is 1.75. The second-order valence-corrected chi connectivity index (χ2v) is 6.46. The van der Waals surface area contributed by atoms with Crippen LogP contribution in [0.4, 0.5) is 5.69 Å². The Morgan fingerprint density at radius 3 is 2.50 bits per heavy atom. The van der Waals surface area contributed by atoms with Crippen LogP contribution in [0.15, 0.2) is 23.1 Å². The summed E-state index contributed by atoms with van der Waals surface area (Å²) in [6.07, 6.45) is 1.08. The lowest BCUT2D eigenvalue weighted by atomic mass is 10.1. The third-order valence-electron chi connectivity index (χ3n) is 2.84. The Morgan fingerprint density at radius 2 is 2.00 bits per heavy atom. The number of carbonyl (C=O) groups is 1. The molecule has 2 N–H and O–H groups in total. The molecule has 20 heavy (non-hydrogen) atoms. The van der Waals surface area contributed by atoms with Crippen LogP contribution >= 0.6 is 0 Å². The topological polar surface area (TPSA) is 89.7 Å². The average Bonchev–Trinajstić information content (AvgIpc) is 2.37. The van der Waals surface area contributed by atoms with Crippen molar-refractivity contribution in [3.63, 3.8) is 0 Å². The zero-order chi connectivity index (χ0) is 15.3. The summed E-state index contributed by atoms with van der Waals surface area (Å²) < 4.78 is 28.1. The molecule has 0 spiro atoms. The highest BCUT2D eigenvalue weighted by Gasteiger charge is 2.17. The number of methoxy groups -OCH3 is 1. The molecule has 1 amide bonds. The van der Waals surface area contributed by atoms with Crippen molar-refractivity contribution in [2.75, 3.05) is 38.8 Å². The molecule has 0 unspecified atom stereocenters. The van der Waals surface area contributed by atoms with Crippen LogP contribution in [0.25, 0.3) is 0 Å². The highest BCUT2D eigenvalue weighted by Crippen LogP contribution is 2.18. The fourth-order valence-corrected chi connectivity index (χ4v) is 2.44. The van der Waals surface area contributed by atoms with Gasteiger partial charge in [-0.05, 0) is 25.1 Å². The maximum absolute atomic E-state index is 12.3. The predicted molar refractivity (Wildman–Crippen MR) is 77.4 cm³/mol. The first kappa shape index (κ1) is 16.5. The van der Waals surface area contributed by atoms with Crippen LogP contribution in [0.2, 0.25) is 0 Å². The van der Waals surface area contributed by atoms with E-state index < -0.39 is 9.84 Å². The largest absolute Gasteiger partial charge is 0.399 e. The van der Waals surface area contributed by atoms with Crippen molar-refractivity contribution >= 4 is 21.4 Å². The second kappa shape index (κ2) is 6.71. The third-order valence-corrected chi connectivity index (χ3v) is 3.93. The highest BCUT2D eigenvalue weighted by molar-refractivity contribution is 7.90. The summed E-state index contributed by atoms with van der Waals surface area (Å²) >= 11 is 0. The third kappa shape index (κ3) is 4.21. The minimum Gasteiger partial charge on any atom is -0.399 e. The van der Waals surface area contributed by atoms with E-state index in [0.29, 0.717) is 19.7 Å². The van der Waals surface area contributed by atoms with E-state index in [-0.39, 0.29) is 22.1 Å². The smallest absolute Gasteiger partial charge is 0.254 e. The van der Waals surface area contributed by atoms with Gasteiger partial charge in [0.15, 0.2) is 9.84 Å². The molecule has 0 aliphatic heterocycles. The molecule has 0 atom stereocenters. The molecule has 6 nitrogen and oxygen atoms in total. The monoisotopic (exact) mass is 300 g/mol. The van der Waals surface area contributed by atoms with E-state index in [1.54, 1.807) is 12.0 Å². The van der Waals surface area contributed by atoms with Crippen LogP contribution in [0.3, 0.4) is 0 Å². The second-order valence-electron chi connectivity index (χ2n) is 4.44. The first-order valence-electron chi connectivity index (χ1n) is 6.18. The van der Waals surface area contributed by atoms with Crippen LogP contribution in [0, 0.1) is 0 Å². The summed E-state index contributed by atoms with van der Waals surface area (Å²) in [6.45, 7) is 3.21. The standard InChI is InChI=1S/C13H20N2O4S/c1-4-15(5-6-19-2)13(16)10-7-11(14)9-12(8-10)20(3,17)18/h7-9H,4-6,14H2,1-3H3. The number of anilines is 1. The molecule has 1 rings (SSSR count). The lowest BCUT2D eigenvalue weighted by Gasteiger charge is -2.21. The molecule has 0 bridgehead atoms. The molecule has 0 fully saturated rings. The van der Waals surface area contributed by atoms with Gasteiger partial charge in [-0.25, -0.2) is 8.42 Å². The number of nitrogen functional groups attached to an aromatic ring is 1. The summed E-state index contributed by atoms with van der Waals surface area (Å²) in [5, 5.41) is 0. The minimum absolute atomic E-state index is 0.0450. The molecule has 1 aromatic rings. The summed E-state index contributed by atoms with van der Waals surface area (Å²) in [5.74, 6) is -0.262. The van der Waals surface area contributed by atoms with E-state index in [1.807, 2.05) is 6.92 Å². The van der Waals surface area contributed by atoms with Gasteiger partial charge in [0.2, 0.25) is 0 Å². The van der Waals surface area contributed by atoms with Crippen molar-refractivity contribution < 1.29 is 17.9 Å². The van der Waals surface area contributed by atoms with Crippen molar-refractivity contribution in [3.05, 3.63) is 23.8 Å². The van der Waals surface area contributed by atoms with Gasteiger partial charge < -0.3 is 15.4 Å². The molecule has 0 heterocycles. The Labute approximate surface area is 119 Å². The normalized spacial score (nSPS) is 11.3. The number of sulfone groups is 1. The van der Waals surface area contributed by atoms with E-state index in [1.165, 1.54) is 18.2 Å². The van der Waals surface area contributed by atoms with Gasteiger partial charge in [-0.1, -0.05) is 0 Å². The molecule has 1 aromatic carbocycles. The quantitative estimate of drug-likeness (QED) is 0.784. The first-order valence-corrected chi connectivity index (χ1v) is 8.07. The Kier molecular flexibility index (Phi) is 5.52. The van der Waals surface area contributed by atoms with Crippen molar-refractivity contribution in [2.45, 2.75) is 11.8 Å². The predicted octanol–water partition coefficient (Wildman–Crippen LogP) is 0.781. The maximum Gasteiger partial charge on any atom is 0.254 e. The van der Waals surface area contributed by atoms with Crippen molar-refractivity contribution in [1.29, 1.82) is 0 Å². The summed E-state index contributed by atoms with van der Waals surface area (Å²) in [6, 6.07) is 4.17. The van der Waals surface area contributed by atoms with Gasteiger partial charge in [-0.3, -0.25) is 4.79 Å². The van der Waals surface area contributed by atoms with E-state index >= 15 is 0 Å². The van der Waals surface area contributed by atoms with Crippen LogP contribution in [0.5, 0.6) is 0 Å². The van der Waals surface area contributed by atoms with Gasteiger partial charge in [0.05, 0.1) is 11.5 Å². The van der Waals surface area contributed by atoms with E-state index in [2.05, 4.69) is 0 Å². The zero-order valence-electron chi connectivity index (χ0n) is 11.9. The highest BCUT2D eigenvalue weighted by atomic mass is 32.2. The van der Waals surface area contributed by atoms with Gasteiger partial charge in [0, 0.05) is 37.7 Å². The minimum atomic E-state index is -3.41. The van der Waals surface area contributed by atoms with E-state index in [0.717, 1.165) is 6.26 Å². The summed E-state index contributed by atoms with van der Waals surface area (Å²) in [4.78, 5) is 14.0. The number of nitrogens with two attached hydrogens (primary N) is 1. The van der Waals surface area contributed by atoms with E-state index in [4.69, 9.17) is 10.5 Å². The zero-order valence-corrected chi connectivity index (χ0v) is 12.7. The fraction of sp³-hybridized carbons (Fsp3) is 0.462. The first-order chi connectivity index (χ1) is 9.29. The molecule has 0 aliphatic rings. The molecule has 0 radical (unpaired) electrons. The molecule has 112 valence electrons. The molecular formula is C13H20N2O4S. The number of likely N-dealkylation sites (N-methyl/N-ethyl adjacent to an activating group) is 1. The van der Waals surface area contributed by atoms with Gasteiger partial charge >= 0.3 is 0 Å². The number of nitrogens with zero attached hydrogens (tertiary/aromatic N) is 1. The summed E-state index contributed by atoms with van der Waals surface area (Å²) in [5.41, 5.74) is 6.19. The van der Waals surface area contributed by atoms with Crippen molar-refractivity contribution in [1.82, 2.24) is 4.90 Å². The Bertz CT molecular complexity index is 584. The number of ether oxygens (including phenoxy) is 1. The van der Waals surface area contributed by atoms with Crippen LogP contribution in [-0.4, -0.2) is 52.3 Å². The Balaban J connectivity index is 3.12. The number of rotatable bonds is 6. The van der Waals surface area contributed by atoms with Crippen molar-refractivity contribution in [3.8, 4) is 0 Å². The van der Waals surface area contributed by atoms with E-state index in [9.17, 15) is 13.2 Å². The van der Waals surface area contributed by atoms with Crippen molar-refractivity contribution in [2.24, 2.45) is 0 Å². The van der Waals surface area contributed by atoms with Crippen LogP contribution in [0.1, 0.15) is 17.3 Å². The maximum atomic E-state index is 12.3. The van der Waals surface area contributed by atoms with Gasteiger partial charge in [0.1, 0.15) is 0 Å². The SMILES string of the molecule is CCN(CCOC)C(=O)c1cc(N)cc(S(C)(=O)=O)c1. The lowest BCUT2D eigenvalue weighted by Crippen LogP contribution is -2.33. The Morgan fingerprint density at radius 1 is 1.35 bits per heavy atom. The number of amides is 1. The molecule has 7 heteroatoms. The molecule has 0 aromatic heterocycles. The number of hydrogen-bond donors (Lipinski definition) is 1. The van der Waals surface area contributed by atoms with Gasteiger partial charge in [-0.2, -0.15) is 0 Å². The Hall–Kier alpha value is -1.60. The molecular weight excluding hydrogens is 280 g/mol. The average molecular weight is 300 g/mol. The van der Waals surface area contributed by atoms with Gasteiger partial charge in [0.25, 0.3) is 5.91 Å². The molecule has 0 aliphatic carbocycles. The number of carbonyl (C=O) groups excluding carboxylic acids is 1. The molecule has 0 saturated carbocycles. The van der Waals surface area contributed by atoms with Crippen LogP contribution in [-0.2, 0) is 14.6 Å². The summed E-state index contributed by atoms with van der Waals surface area (Å²) in [7, 11) is -1.85. The van der Waals surface area contributed by atoms with Gasteiger partial charge in [-0.15, -0.1) is 0 Å². The lowest BCUT2D eigenvalue weighted by molar-refractivity contribution is 0.0706.